The minimum atomic E-state index is -0.640. The second-order valence-corrected chi connectivity index (χ2v) is 6.44. The van der Waals surface area contributed by atoms with Crippen LogP contribution in [0, 0.1) is 5.92 Å². The fraction of sp³-hybridized carbons (Fsp3) is 0.375. The number of nitrogens with zero attached hydrogens (tertiary/aromatic N) is 2. The molecule has 2 atom stereocenters. The van der Waals surface area contributed by atoms with Crippen LogP contribution in [-0.4, -0.2) is 48.2 Å². The summed E-state index contributed by atoms with van der Waals surface area (Å²) in [5, 5.41) is 18.4. The monoisotopic (exact) mass is 334 g/mol. The number of aromatic nitrogens is 1. The van der Waals surface area contributed by atoms with Crippen molar-refractivity contribution in [2.45, 2.75) is 6.10 Å². The van der Waals surface area contributed by atoms with E-state index in [1.165, 1.54) is 11.3 Å². The maximum atomic E-state index is 11.9. The van der Waals surface area contributed by atoms with Crippen molar-refractivity contribution in [2.24, 2.45) is 5.92 Å². The quantitative estimate of drug-likeness (QED) is 0.725. The Kier molecular flexibility index (Phi) is 6.52. The first-order valence-electron chi connectivity index (χ1n) is 7.38. The van der Waals surface area contributed by atoms with E-state index in [0.717, 1.165) is 5.56 Å². The van der Waals surface area contributed by atoms with Crippen molar-refractivity contribution in [1.82, 2.24) is 15.2 Å². The lowest BCUT2D eigenvalue weighted by molar-refractivity contribution is 0.0911. The third-order valence-electron chi connectivity index (χ3n) is 3.36. The fourth-order valence-corrected chi connectivity index (χ4v) is 2.84. The van der Waals surface area contributed by atoms with E-state index in [-0.39, 0.29) is 11.9 Å². The number of hydrogen-bond acceptors (Lipinski definition) is 5. The molecular formula is C16H22N4O2S. The van der Waals surface area contributed by atoms with Crippen molar-refractivity contribution in [3.63, 3.8) is 0 Å². The number of benzene rings is 1. The molecule has 0 radical (unpaired) electrons. The van der Waals surface area contributed by atoms with Crippen LogP contribution in [0.1, 0.15) is 11.7 Å². The molecule has 0 unspecified atom stereocenters. The molecular weight excluding hydrogens is 312 g/mol. The lowest BCUT2D eigenvalue weighted by Gasteiger charge is -2.26. The molecule has 0 fully saturated rings. The summed E-state index contributed by atoms with van der Waals surface area (Å²) in [7, 11) is 3.89. The molecule has 23 heavy (non-hydrogen) atoms. The first kappa shape index (κ1) is 17.4. The summed E-state index contributed by atoms with van der Waals surface area (Å²) < 4.78 is 0. The van der Waals surface area contributed by atoms with Crippen molar-refractivity contribution in [2.75, 3.05) is 32.5 Å². The van der Waals surface area contributed by atoms with E-state index in [9.17, 15) is 9.90 Å². The molecule has 3 N–H and O–H groups in total. The zero-order chi connectivity index (χ0) is 16.7. The van der Waals surface area contributed by atoms with Crippen LogP contribution in [-0.2, 0) is 0 Å². The van der Waals surface area contributed by atoms with Gasteiger partial charge in [0.15, 0.2) is 5.13 Å². The third-order valence-corrected chi connectivity index (χ3v) is 4.05. The highest BCUT2D eigenvalue weighted by Crippen LogP contribution is 2.22. The number of carbonyl (C=O) groups is 1. The van der Waals surface area contributed by atoms with Crippen LogP contribution in [0.15, 0.2) is 41.9 Å². The van der Waals surface area contributed by atoms with Gasteiger partial charge in [0.2, 0.25) is 0 Å². The van der Waals surface area contributed by atoms with Crippen molar-refractivity contribution in [3.05, 3.63) is 47.5 Å². The Balaban J connectivity index is 1.94. The van der Waals surface area contributed by atoms with Crippen LogP contribution in [0.4, 0.5) is 9.93 Å². The standard InChI is InChI=1S/C16H22N4O2S/c1-20(2)11-13(14(21)12-6-4-3-5-7-12)10-18-15(22)19-16-17-8-9-23-16/h3-9,13-14,21H,10-11H2,1-2H3,(H2,17,18,19,22)/t13-,14+/m0/s1. The van der Waals surface area contributed by atoms with Gasteiger partial charge in [0.1, 0.15) is 0 Å². The van der Waals surface area contributed by atoms with Gasteiger partial charge in [-0.15, -0.1) is 11.3 Å². The van der Waals surface area contributed by atoms with Gasteiger partial charge in [-0.05, 0) is 19.7 Å². The Hall–Kier alpha value is -1.96. The number of carbonyl (C=O) groups excluding carboxylic acids is 1. The molecule has 0 aliphatic heterocycles. The number of aliphatic hydroxyl groups excluding tert-OH is 1. The average Bonchev–Trinajstić information content (AvgIpc) is 3.04. The normalized spacial score (nSPS) is 13.6. The molecule has 124 valence electrons. The Morgan fingerprint density at radius 1 is 1.35 bits per heavy atom. The van der Waals surface area contributed by atoms with E-state index in [4.69, 9.17) is 0 Å². The van der Waals surface area contributed by atoms with Gasteiger partial charge in [-0.25, -0.2) is 9.78 Å². The molecule has 0 bridgehead atoms. The van der Waals surface area contributed by atoms with E-state index < -0.39 is 6.10 Å². The van der Waals surface area contributed by atoms with Gasteiger partial charge >= 0.3 is 6.03 Å². The lowest BCUT2D eigenvalue weighted by Crippen LogP contribution is -2.39. The van der Waals surface area contributed by atoms with Gasteiger partial charge in [-0.3, -0.25) is 5.32 Å². The van der Waals surface area contributed by atoms with Crippen molar-refractivity contribution >= 4 is 22.5 Å². The highest BCUT2D eigenvalue weighted by atomic mass is 32.1. The number of hydrogen-bond donors (Lipinski definition) is 3. The molecule has 1 aromatic heterocycles. The van der Waals surface area contributed by atoms with Crippen molar-refractivity contribution in [3.8, 4) is 0 Å². The summed E-state index contributed by atoms with van der Waals surface area (Å²) in [5.74, 6) is -0.116. The van der Waals surface area contributed by atoms with Crippen molar-refractivity contribution in [1.29, 1.82) is 0 Å². The number of aliphatic hydroxyl groups is 1. The maximum Gasteiger partial charge on any atom is 0.321 e. The van der Waals surface area contributed by atoms with Crippen LogP contribution in [0.2, 0.25) is 0 Å². The molecule has 1 heterocycles. The van der Waals surface area contributed by atoms with E-state index in [0.29, 0.717) is 18.2 Å². The van der Waals surface area contributed by atoms with Crippen LogP contribution in [0.3, 0.4) is 0 Å². The van der Waals surface area contributed by atoms with Gasteiger partial charge in [0.25, 0.3) is 0 Å². The highest BCUT2D eigenvalue weighted by molar-refractivity contribution is 7.13. The van der Waals surface area contributed by atoms with Crippen molar-refractivity contribution < 1.29 is 9.90 Å². The number of urea groups is 1. The van der Waals surface area contributed by atoms with Crippen LogP contribution < -0.4 is 10.6 Å². The lowest BCUT2D eigenvalue weighted by atomic mass is 9.95. The molecule has 0 aliphatic rings. The minimum absolute atomic E-state index is 0.116. The zero-order valence-corrected chi connectivity index (χ0v) is 14.1. The fourth-order valence-electron chi connectivity index (χ4n) is 2.32. The number of rotatable bonds is 7. The molecule has 0 aliphatic carbocycles. The summed E-state index contributed by atoms with van der Waals surface area (Å²) in [5.41, 5.74) is 0.849. The molecule has 2 amide bonds. The summed E-state index contributed by atoms with van der Waals surface area (Å²) in [6, 6.07) is 9.17. The van der Waals surface area contributed by atoms with Gasteiger partial charge in [0, 0.05) is 30.6 Å². The van der Waals surface area contributed by atoms with Gasteiger partial charge in [-0.2, -0.15) is 0 Å². The summed E-state index contributed by atoms with van der Waals surface area (Å²) in [6.07, 6.45) is 0.993. The highest BCUT2D eigenvalue weighted by Gasteiger charge is 2.22. The van der Waals surface area contributed by atoms with Gasteiger partial charge < -0.3 is 15.3 Å². The zero-order valence-electron chi connectivity index (χ0n) is 13.3. The SMILES string of the molecule is CN(C)C[C@H](CNC(=O)Nc1nccs1)[C@H](O)c1ccccc1. The predicted octanol–water partition coefficient (Wildman–Crippen LogP) is 2.18. The average molecular weight is 334 g/mol. The Morgan fingerprint density at radius 2 is 2.09 bits per heavy atom. The number of amides is 2. The van der Waals surface area contributed by atoms with E-state index in [2.05, 4.69) is 15.6 Å². The predicted molar refractivity (Wildman–Crippen MR) is 92.6 cm³/mol. The Bertz CT molecular complexity index is 589. The van der Waals surface area contributed by atoms with E-state index in [1.807, 2.05) is 49.3 Å². The Morgan fingerprint density at radius 3 is 2.70 bits per heavy atom. The molecule has 2 rings (SSSR count). The topological polar surface area (TPSA) is 77.5 Å². The molecule has 7 heteroatoms. The molecule has 0 saturated heterocycles. The van der Waals surface area contributed by atoms with Crippen LogP contribution in [0.25, 0.3) is 0 Å². The molecule has 2 aromatic rings. The summed E-state index contributed by atoms with van der Waals surface area (Å²) in [6.45, 7) is 1.03. The van der Waals surface area contributed by atoms with Crippen LogP contribution in [0.5, 0.6) is 0 Å². The largest absolute Gasteiger partial charge is 0.388 e. The number of anilines is 1. The summed E-state index contributed by atoms with van der Waals surface area (Å²) >= 11 is 1.36. The van der Waals surface area contributed by atoms with Crippen LogP contribution >= 0.6 is 11.3 Å². The van der Waals surface area contributed by atoms with Gasteiger partial charge in [0.05, 0.1) is 6.10 Å². The maximum absolute atomic E-state index is 11.9. The second kappa shape index (κ2) is 8.61. The molecule has 1 aromatic carbocycles. The molecule has 6 nitrogen and oxygen atoms in total. The molecule has 0 spiro atoms. The first-order chi connectivity index (χ1) is 11.1. The van der Waals surface area contributed by atoms with E-state index >= 15 is 0 Å². The minimum Gasteiger partial charge on any atom is -0.388 e. The number of thiazole rings is 1. The third kappa shape index (κ3) is 5.63. The molecule has 0 saturated carbocycles. The number of nitrogens with one attached hydrogen (secondary N) is 2. The van der Waals surface area contributed by atoms with Gasteiger partial charge in [-0.1, -0.05) is 30.3 Å². The second-order valence-electron chi connectivity index (χ2n) is 5.55. The summed E-state index contributed by atoms with van der Waals surface area (Å²) in [4.78, 5) is 17.9. The first-order valence-corrected chi connectivity index (χ1v) is 8.26. The smallest absolute Gasteiger partial charge is 0.321 e. The van der Waals surface area contributed by atoms with E-state index in [1.54, 1.807) is 11.6 Å². The Labute approximate surface area is 140 Å².